The Bertz CT molecular complexity index is 201. The number of hydrogen-bond donors (Lipinski definition) is 3. The summed E-state index contributed by atoms with van der Waals surface area (Å²) < 4.78 is 0. The van der Waals surface area contributed by atoms with Crippen molar-refractivity contribution in [1.82, 2.24) is 10.6 Å². The van der Waals surface area contributed by atoms with Crippen LogP contribution in [0.25, 0.3) is 0 Å². The molecule has 1 rings (SSSR count). The zero-order valence-corrected chi connectivity index (χ0v) is 11.2. The van der Waals surface area contributed by atoms with Crippen LogP contribution >= 0.6 is 24.2 Å². The Morgan fingerprint density at radius 1 is 1.69 bits per heavy atom. The fourth-order valence-electron chi connectivity index (χ4n) is 1.56. The van der Waals surface area contributed by atoms with Crippen molar-refractivity contribution in [2.75, 3.05) is 24.8 Å². The SMILES string of the molecule is CCC(CCO)CNC(=O)C1CSCN1.Cl. The van der Waals surface area contributed by atoms with Crippen LogP contribution in [0.5, 0.6) is 0 Å². The van der Waals surface area contributed by atoms with E-state index >= 15 is 0 Å². The molecule has 1 aliphatic rings. The van der Waals surface area contributed by atoms with E-state index in [0.717, 1.165) is 24.5 Å². The van der Waals surface area contributed by atoms with Crippen molar-refractivity contribution in [3.63, 3.8) is 0 Å². The van der Waals surface area contributed by atoms with Crippen molar-refractivity contribution >= 4 is 30.1 Å². The van der Waals surface area contributed by atoms with E-state index in [4.69, 9.17) is 5.11 Å². The lowest BCUT2D eigenvalue weighted by Gasteiger charge is -2.16. The number of amides is 1. The fraction of sp³-hybridized carbons (Fsp3) is 0.900. The van der Waals surface area contributed by atoms with Gasteiger partial charge in [0.1, 0.15) is 0 Å². The summed E-state index contributed by atoms with van der Waals surface area (Å²) in [6, 6.07) is -0.0263. The highest BCUT2D eigenvalue weighted by molar-refractivity contribution is 7.99. The summed E-state index contributed by atoms with van der Waals surface area (Å²) in [6.07, 6.45) is 1.76. The molecule has 16 heavy (non-hydrogen) atoms. The predicted octanol–water partition coefficient (Wildman–Crippen LogP) is 0.595. The second-order valence-corrected chi connectivity index (χ2v) is 4.83. The van der Waals surface area contributed by atoms with Gasteiger partial charge in [0.15, 0.2) is 0 Å². The molecule has 1 aliphatic heterocycles. The number of halogens is 1. The number of nitrogens with one attached hydrogen (secondary N) is 2. The molecular weight excluding hydrogens is 248 g/mol. The van der Waals surface area contributed by atoms with Crippen molar-refractivity contribution in [3.8, 4) is 0 Å². The molecule has 96 valence electrons. The van der Waals surface area contributed by atoms with E-state index in [1.807, 2.05) is 0 Å². The highest BCUT2D eigenvalue weighted by Gasteiger charge is 2.22. The first-order chi connectivity index (χ1) is 7.27. The van der Waals surface area contributed by atoms with Crippen LogP contribution in [0.1, 0.15) is 19.8 Å². The fourth-order valence-corrected chi connectivity index (χ4v) is 2.51. The first-order valence-electron chi connectivity index (χ1n) is 5.47. The van der Waals surface area contributed by atoms with Gasteiger partial charge in [-0.25, -0.2) is 0 Å². The zero-order chi connectivity index (χ0) is 11.1. The van der Waals surface area contributed by atoms with Gasteiger partial charge in [0.05, 0.1) is 6.04 Å². The summed E-state index contributed by atoms with van der Waals surface area (Å²) in [5.41, 5.74) is 0. The highest BCUT2D eigenvalue weighted by Crippen LogP contribution is 2.10. The van der Waals surface area contributed by atoms with Gasteiger partial charge < -0.3 is 10.4 Å². The van der Waals surface area contributed by atoms with Crippen LogP contribution in [-0.2, 0) is 4.79 Å². The van der Waals surface area contributed by atoms with Crippen LogP contribution in [0.4, 0.5) is 0 Å². The molecule has 2 atom stereocenters. The molecule has 4 nitrogen and oxygen atoms in total. The molecule has 0 radical (unpaired) electrons. The maximum absolute atomic E-state index is 11.6. The summed E-state index contributed by atoms with van der Waals surface area (Å²) in [5, 5.41) is 14.9. The lowest BCUT2D eigenvalue weighted by molar-refractivity contribution is -0.122. The molecule has 1 saturated heterocycles. The highest BCUT2D eigenvalue weighted by atomic mass is 35.5. The summed E-state index contributed by atoms with van der Waals surface area (Å²) in [6.45, 7) is 2.96. The largest absolute Gasteiger partial charge is 0.396 e. The quantitative estimate of drug-likeness (QED) is 0.660. The Morgan fingerprint density at radius 2 is 2.44 bits per heavy atom. The van der Waals surface area contributed by atoms with Gasteiger partial charge in [-0.2, -0.15) is 0 Å². The molecule has 0 bridgehead atoms. The van der Waals surface area contributed by atoms with E-state index in [1.165, 1.54) is 0 Å². The van der Waals surface area contributed by atoms with Gasteiger partial charge in [0.25, 0.3) is 0 Å². The first kappa shape index (κ1) is 16.0. The van der Waals surface area contributed by atoms with Crippen molar-refractivity contribution in [1.29, 1.82) is 0 Å². The van der Waals surface area contributed by atoms with E-state index in [-0.39, 0.29) is 31.0 Å². The lowest BCUT2D eigenvalue weighted by Crippen LogP contribution is -2.43. The van der Waals surface area contributed by atoms with Crippen molar-refractivity contribution in [2.45, 2.75) is 25.8 Å². The number of carbonyl (C=O) groups is 1. The standard InChI is InChI=1S/C10H20N2O2S.ClH/c1-2-8(3-4-13)5-11-10(14)9-6-15-7-12-9;/h8-9,12-13H,2-7H2,1H3,(H,11,14);1H. The maximum atomic E-state index is 11.6. The third kappa shape index (κ3) is 5.39. The topological polar surface area (TPSA) is 61.4 Å². The number of thioether (sulfide) groups is 1. The molecule has 3 N–H and O–H groups in total. The van der Waals surface area contributed by atoms with Crippen LogP contribution in [-0.4, -0.2) is 41.8 Å². The molecule has 0 aliphatic carbocycles. The summed E-state index contributed by atoms with van der Waals surface area (Å²) in [4.78, 5) is 11.6. The molecule has 0 aromatic carbocycles. The predicted molar refractivity (Wildman–Crippen MR) is 70.0 cm³/mol. The van der Waals surface area contributed by atoms with Gasteiger partial charge in [-0.1, -0.05) is 13.3 Å². The Hall–Kier alpha value is 0.0300. The van der Waals surface area contributed by atoms with Gasteiger partial charge >= 0.3 is 0 Å². The lowest BCUT2D eigenvalue weighted by atomic mass is 10.0. The van der Waals surface area contributed by atoms with Gasteiger partial charge in [0.2, 0.25) is 5.91 Å². The van der Waals surface area contributed by atoms with Gasteiger partial charge in [-0.15, -0.1) is 24.2 Å². The second-order valence-electron chi connectivity index (χ2n) is 3.80. The van der Waals surface area contributed by atoms with Crippen LogP contribution in [0.3, 0.4) is 0 Å². The van der Waals surface area contributed by atoms with Gasteiger partial charge in [-0.05, 0) is 12.3 Å². The van der Waals surface area contributed by atoms with E-state index in [0.29, 0.717) is 12.5 Å². The number of rotatable bonds is 6. The molecule has 2 unspecified atom stereocenters. The smallest absolute Gasteiger partial charge is 0.238 e. The molecule has 6 heteroatoms. The average Bonchev–Trinajstić information content (AvgIpc) is 2.77. The first-order valence-corrected chi connectivity index (χ1v) is 6.63. The normalized spacial score (nSPS) is 21.2. The Labute approximate surface area is 107 Å². The van der Waals surface area contributed by atoms with Crippen LogP contribution in [0.2, 0.25) is 0 Å². The molecule has 1 fully saturated rings. The van der Waals surface area contributed by atoms with Crippen LogP contribution < -0.4 is 10.6 Å². The molecule has 0 spiro atoms. The number of carbonyl (C=O) groups excluding carboxylic acids is 1. The van der Waals surface area contributed by atoms with Crippen LogP contribution in [0, 0.1) is 5.92 Å². The summed E-state index contributed by atoms with van der Waals surface area (Å²) in [5.74, 6) is 2.22. The maximum Gasteiger partial charge on any atom is 0.238 e. The number of aliphatic hydroxyl groups excluding tert-OH is 1. The molecule has 1 heterocycles. The zero-order valence-electron chi connectivity index (χ0n) is 9.57. The van der Waals surface area contributed by atoms with Crippen molar-refractivity contribution < 1.29 is 9.90 Å². The summed E-state index contributed by atoms with van der Waals surface area (Å²) >= 11 is 1.75. The van der Waals surface area contributed by atoms with Crippen molar-refractivity contribution in [2.24, 2.45) is 5.92 Å². The third-order valence-electron chi connectivity index (χ3n) is 2.71. The van der Waals surface area contributed by atoms with Gasteiger partial charge in [0, 0.05) is 24.8 Å². The molecule has 0 aromatic heterocycles. The second kappa shape index (κ2) is 9.10. The monoisotopic (exact) mass is 268 g/mol. The van der Waals surface area contributed by atoms with E-state index in [1.54, 1.807) is 11.8 Å². The van der Waals surface area contributed by atoms with E-state index in [9.17, 15) is 4.79 Å². The Morgan fingerprint density at radius 3 is 2.94 bits per heavy atom. The van der Waals surface area contributed by atoms with Crippen molar-refractivity contribution in [3.05, 3.63) is 0 Å². The van der Waals surface area contributed by atoms with Crippen LogP contribution in [0.15, 0.2) is 0 Å². The summed E-state index contributed by atoms with van der Waals surface area (Å²) in [7, 11) is 0. The van der Waals surface area contributed by atoms with E-state index in [2.05, 4.69) is 17.6 Å². The molecule has 1 amide bonds. The van der Waals surface area contributed by atoms with E-state index < -0.39 is 0 Å². The Kier molecular flexibility index (Phi) is 9.12. The Balaban J connectivity index is 0.00000225. The van der Waals surface area contributed by atoms with Gasteiger partial charge in [-0.3, -0.25) is 10.1 Å². The minimum absolute atomic E-state index is 0. The number of hydrogen-bond acceptors (Lipinski definition) is 4. The minimum Gasteiger partial charge on any atom is -0.396 e. The molecular formula is C10H21ClN2O2S. The molecule has 0 saturated carbocycles. The molecule has 0 aromatic rings. The minimum atomic E-state index is -0.0263. The average molecular weight is 269 g/mol. The number of aliphatic hydroxyl groups is 1. The third-order valence-corrected chi connectivity index (χ3v) is 3.65.